The maximum absolute atomic E-state index is 9.12. The van der Waals surface area contributed by atoms with Crippen molar-refractivity contribution < 1.29 is 20.1 Å². The molecule has 10 heavy (non-hydrogen) atoms. The molecule has 0 rings (SSSR count). The fourth-order valence-electron chi connectivity index (χ4n) is 0. The molecule has 62 valence electrons. The second-order valence-electron chi connectivity index (χ2n) is 1.64. The molecular weight excluding hydrogens is 138 g/mol. The summed E-state index contributed by atoms with van der Waals surface area (Å²) in [5.74, 6) is -1.19. The summed E-state index contributed by atoms with van der Waals surface area (Å²) in [5.41, 5.74) is 4.92. The van der Waals surface area contributed by atoms with E-state index < -0.39 is 12.6 Å². The molecule has 0 saturated heterocycles. The van der Waals surface area contributed by atoms with E-state index in [1.807, 2.05) is 0 Å². The highest BCUT2D eigenvalue weighted by molar-refractivity contribution is 5.67. The lowest BCUT2D eigenvalue weighted by Crippen LogP contribution is -2.14. The van der Waals surface area contributed by atoms with Crippen LogP contribution in [0.2, 0.25) is 0 Å². The topological polar surface area (TPSA) is 104 Å². The molecule has 0 spiro atoms. The minimum absolute atomic E-state index is 0.338. The molecule has 1 unspecified atom stereocenters. The van der Waals surface area contributed by atoms with E-state index in [9.17, 15) is 0 Å². The minimum Gasteiger partial charge on any atom is -0.480 e. The number of aliphatic carboxylic acids is 1. The van der Waals surface area contributed by atoms with Gasteiger partial charge < -0.3 is 21.1 Å². The van der Waals surface area contributed by atoms with E-state index in [-0.39, 0.29) is 6.10 Å². The van der Waals surface area contributed by atoms with Crippen molar-refractivity contribution in [2.75, 3.05) is 13.2 Å². The Bertz CT molecular complexity index is 83.7. The van der Waals surface area contributed by atoms with Crippen molar-refractivity contribution in [1.29, 1.82) is 0 Å². The van der Waals surface area contributed by atoms with Crippen LogP contribution in [0.3, 0.4) is 0 Å². The average Bonchev–Trinajstić information content (AvgIpc) is 1.89. The zero-order valence-electron chi connectivity index (χ0n) is 5.82. The van der Waals surface area contributed by atoms with Crippen LogP contribution in [0.4, 0.5) is 0 Å². The zero-order valence-corrected chi connectivity index (χ0v) is 5.82. The molecule has 1 atom stereocenters. The summed E-state index contributed by atoms with van der Waals surface area (Å²) in [6, 6.07) is 0. The maximum Gasteiger partial charge on any atom is 0.329 e. The number of nitrogens with two attached hydrogens (primary N) is 1. The summed E-state index contributed by atoms with van der Waals surface area (Å²) in [7, 11) is 0. The van der Waals surface area contributed by atoms with Crippen molar-refractivity contribution >= 4 is 5.97 Å². The van der Waals surface area contributed by atoms with Crippen LogP contribution < -0.4 is 5.73 Å². The molecule has 0 amide bonds. The quantitative estimate of drug-likeness (QED) is 0.380. The summed E-state index contributed by atoms with van der Waals surface area (Å²) in [5, 5.41) is 23.3. The van der Waals surface area contributed by atoms with E-state index in [1.165, 1.54) is 0 Å². The number of aliphatic hydroxyl groups excluding tert-OH is 2. The number of hydrogen-bond donors (Lipinski definition) is 4. The van der Waals surface area contributed by atoms with Gasteiger partial charge in [0, 0.05) is 6.54 Å². The molecule has 5 N–H and O–H groups in total. The number of carboxylic acid groups (broad SMARTS) is 1. The van der Waals surface area contributed by atoms with Gasteiger partial charge in [-0.15, -0.1) is 0 Å². The van der Waals surface area contributed by atoms with Crippen molar-refractivity contribution in [2.24, 2.45) is 5.73 Å². The molecule has 0 heterocycles. The third-order valence-corrected chi connectivity index (χ3v) is 0.476. The summed E-state index contributed by atoms with van der Waals surface area (Å²) in [4.78, 5) is 9.12. The van der Waals surface area contributed by atoms with Gasteiger partial charge in [-0.05, 0) is 6.92 Å². The van der Waals surface area contributed by atoms with Gasteiger partial charge in [0.25, 0.3) is 0 Å². The van der Waals surface area contributed by atoms with Gasteiger partial charge in [-0.25, -0.2) is 4.79 Å². The van der Waals surface area contributed by atoms with Crippen molar-refractivity contribution in [3.8, 4) is 0 Å². The Hall–Kier alpha value is -0.650. The van der Waals surface area contributed by atoms with Crippen LogP contribution in [0.15, 0.2) is 0 Å². The van der Waals surface area contributed by atoms with Crippen LogP contribution in [0.25, 0.3) is 0 Å². The SMILES string of the molecule is CC(O)CN.O=C(O)CO. The van der Waals surface area contributed by atoms with E-state index >= 15 is 0 Å². The zero-order chi connectivity index (χ0) is 8.57. The first-order valence-corrected chi connectivity index (χ1v) is 2.75. The maximum atomic E-state index is 9.12. The van der Waals surface area contributed by atoms with E-state index in [0.29, 0.717) is 6.54 Å². The highest BCUT2D eigenvalue weighted by Crippen LogP contribution is 1.65. The highest BCUT2D eigenvalue weighted by atomic mass is 16.4. The van der Waals surface area contributed by atoms with Crippen LogP contribution >= 0.6 is 0 Å². The molecule has 5 heteroatoms. The third-order valence-electron chi connectivity index (χ3n) is 0.476. The van der Waals surface area contributed by atoms with Crippen LogP contribution in [0.1, 0.15) is 6.92 Å². The van der Waals surface area contributed by atoms with Crippen molar-refractivity contribution in [3.63, 3.8) is 0 Å². The number of carboxylic acids is 1. The van der Waals surface area contributed by atoms with Gasteiger partial charge in [0.2, 0.25) is 0 Å². The highest BCUT2D eigenvalue weighted by Gasteiger charge is 1.82. The first-order chi connectivity index (χ1) is 4.54. The van der Waals surface area contributed by atoms with E-state index in [0.717, 1.165) is 0 Å². The van der Waals surface area contributed by atoms with E-state index in [1.54, 1.807) is 6.92 Å². The van der Waals surface area contributed by atoms with Gasteiger partial charge in [0.1, 0.15) is 6.61 Å². The minimum atomic E-state index is -1.19. The lowest BCUT2D eigenvalue weighted by atomic mass is 10.4. The number of hydrogen-bond acceptors (Lipinski definition) is 4. The first kappa shape index (κ1) is 12.1. The van der Waals surface area contributed by atoms with Gasteiger partial charge in [0.15, 0.2) is 0 Å². The summed E-state index contributed by atoms with van der Waals surface area (Å²) >= 11 is 0. The molecule has 0 radical (unpaired) electrons. The fraction of sp³-hybridized carbons (Fsp3) is 0.800. The average molecular weight is 151 g/mol. The first-order valence-electron chi connectivity index (χ1n) is 2.75. The molecule has 0 aliphatic carbocycles. The van der Waals surface area contributed by atoms with Gasteiger partial charge >= 0.3 is 5.97 Å². The molecular formula is C5H13NO4. The Morgan fingerprint density at radius 2 is 1.90 bits per heavy atom. The Morgan fingerprint density at radius 3 is 1.90 bits per heavy atom. The monoisotopic (exact) mass is 151 g/mol. The Labute approximate surface area is 59.1 Å². The summed E-state index contributed by atoms with van der Waals surface area (Å²) in [6.07, 6.45) is -0.338. The lowest BCUT2D eigenvalue weighted by Gasteiger charge is -1.91. The van der Waals surface area contributed by atoms with Crippen LogP contribution in [0.5, 0.6) is 0 Å². The van der Waals surface area contributed by atoms with Gasteiger partial charge in [-0.2, -0.15) is 0 Å². The van der Waals surface area contributed by atoms with Gasteiger partial charge in [-0.1, -0.05) is 0 Å². The number of carbonyl (C=O) groups is 1. The third kappa shape index (κ3) is 26.4. The largest absolute Gasteiger partial charge is 0.480 e. The number of rotatable bonds is 2. The molecule has 5 nitrogen and oxygen atoms in total. The van der Waals surface area contributed by atoms with Crippen molar-refractivity contribution in [2.45, 2.75) is 13.0 Å². The van der Waals surface area contributed by atoms with Crippen LogP contribution in [-0.2, 0) is 4.79 Å². The lowest BCUT2D eigenvalue weighted by molar-refractivity contribution is -0.140. The second kappa shape index (κ2) is 8.35. The second-order valence-corrected chi connectivity index (χ2v) is 1.64. The van der Waals surface area contributed by atoms with Crippen LogP contribution in [0, 0.1) is 0 Å². The molecule has 0 saturated carbocycles. The fourth-order valence-corrected chi connectivity index (χ4v) is 0. The molecule has 0 aromatic heterocycles. The van der Waals surface area contributed by atoms with E-state index in [4.69, 9.17) is 25.8 Å². The molecule has 0 fully saturated rings. The van der Waals surface area contributed by atoms with E-state index in [2.05, 4.69) is 0 Å². The Morgan fingerprint density at radius 1 is 1.70 bits per heavy atom. The van der Waals surface area contributed by atoms with Gasteiger partial charge in [-0.3, -0.25) is 0 Å². The molecule has 0 bridgehead atoms. The molecule has 0 aliphatic heterocycles. The normalized spacial score (nSPS) is 11.2. The molecule has 0 aliphatic rings. The van der Waals surface area contributed by atoms with Crippen molar-refractivity contribution in [1.82, 2.24) is 0 Å². The predicted molar refractivity (Wildman–Crippen MR) is 35.5 cm³/mol. The smallest absolute Gasteiger partial charge is 0.329 e. The Balaban J connectivity index is 0. The predicted octanol–water partition coefficient (Wildman–Crippen LogP) is -1.61. The van der Waals surface area contributed by atoms with Crippen LogP contribution in [-0.4, -0.2) is 40.5 Å². The molecule has 0 aromatic carbocycles. The standard InChI is InChI=1S/C3H9NO.C2H4O3/c1-3(5)2-4;3-1-2(4)5/h3,5H,2,4H2,1H3;3H,1H2,(H,4,5). The summed E-state index contributed by atoms with van der Waals surface area (Å²) in [6.45, 7) is 1.24. The Kier molecular flexibility index (Phi) is 10.1. The van der Waals surface area contributed by atoms with Gasteiger partial charge in [0.05, 0.1) is 6.10 Å². The summed E-state index contributed by atoms with van der Waals surface area (Å²) < 4.78 is 0. The molecule has 0 aromatic rings. The number of aliphatic hydroxyl groups is 2. The van der Waals surface area contributed by atoms with Crippen molar-refractivity contribution in [3.05, 3.63) is 0 Å².